The minimum atomic E-state index is -4.89. The van der Waals surface area contributed by atoms with E-state index >= 15 is 0 Å². The number of nitrogens with one attached hydrogen (secondary N) is 1. The highest BCUT2D eigenvalue weighted by Gasteiger charge is 2.43. The molecule has 4 rings (SSSR count). The summed E-state index contributed by atoms with van der Waals surface area (Å²) >= 11 is 6.06. The van der Waals surface area contributed by atoms with Crippen LogP contribution in [0.3, 0.4) is 0 Å². The molecular formula is C21H19ClF3N5O3. The minimum Gasteiger partial charge on any atom is -0.478 e. The van der Waals surface area contributed by atoms with Crippen LogP contribution < -0.4 is 15.8 Å². The van der Waals surface area contributed by atoms with Crippen LogP contribution in [0.4, 0.5) is 24.8 Å². The van der Waals surface area contributed by atoms with E-state index in [1.54, 1.807) is 0 Å². The van der Waals surface area contributed by atoms with Gasteiger partial charge in [0.1, 0.15) is 22.8 Å². The third kappa shape index (κ3) is 4.72. The molecule has 1 fully saturated rings. The number of piperidine rings is 1. The summed E-state index contributed by atoms with van der Waals surface area (Å²) in [6, 6.07) is 2.35. The summed E-state index contributed by atoms with van der Waals surface area (Å²) in [4.78, 5) is 34.3. The molecule has 1 aliphatic heterocycles. The van der Waals surface area contributed by atoms with Gasteiger partial charge < -0.3 is 15.3 Å². The van der Waals surface area contributed by atoms with Crippen molar-refractivity contribution in [3.05, 3.63) is 63.2 Å². The normalized spacial score (nSPS) is 15.5. The predicted octanol–water partition coefficient (Wildman–Crippen LogP) is 4.15. The van der Waals surface area contributed by atoms with Crippen LogP contribution in [0.25, 0.3) is 5.65 Å². The molecule has 174 valence electrons. The molecule has 0 aliphatic carbocycles. The van der Waals surface area contributed by atoms with Crippen LogP contribution in [0, 0.1) is 0 Å². The van der Waals surface area contributed by atoms with Crippen molar-refractivity contribution in [3.63, 3.8) is 0 Å². The first-order chi connectivity index (χ1) is 15.6. The standard InChI is InChI=1S/C21H19ClF3N5O3/c22-12-9-14(17(21(23,24)25)28-18-13(20(32)33)5-4-6-26-18)19-27-15(10-16(31)30(19)11-12)29-7-2-1-3-8-29/h4-6,9-11,17H,1-3,7-8H2,(H,26,28)(H,32,33)/t17-/m0/s1. The van der Waals surface area contributed by atoms with Gasteiger partial charge in [-0.3, -0.25) is 9.20 Å². The monoisotopic (exact) mass is 481 g/mol. The number of hydrogen-bond acceptors (Lipinski definition) is 6. The van der Waals surface area contributed by atoms with Gasteiger partial charge in [-0.1, -0.05) is 11.6 Å². The van der Waals surface area contributed by atoms with Crippen LogP contribution in [0.5, 0.6) is 0 Å². The van der Waals surface area contributed by atoms with E-state index in [4.69, 9.17) is 11.6 Å². The molecule has 8 nitrogen and oxygen atoms in total. The van der Waals surface area contributed by atoms with Crippen LogP contribution in [0.1, 0.15) is 41.2 Å². The van der Waals surface area contributed by atoms with Gasteiger partial charge in [0.2, 0.25) is 0 Å². The third-order valence-corrected chi connectivity index (χ3v) is 5.59. The van der Waals surface area contributed by atoms with E-state index in [1.807, 2.05) is 4.90 Å². The SMILES string of the molecule is O=C(O)c1cccnc1N[C@@H](c1cc(Cl)cn2c(=O)cc(N3CCCCC3)nc12)C(F)(F)F. The Kier molecular flexibility index (Phi) is 6.15. The number of carbonyl (C=O) groups is 1. The maximum Gasteiger partial charge on any atom is 0.412 e. The van der Waals surface area contributed by atoms with E-state index in [9.17, 15) is 27.9 Å². The van der Waals surface area contributed by atoms with Crippen LogP contribution in [0.15, 0.2) is 41.5 Å². The number of aromatic nitrogens is 3. The molecular weight excluding hydrogens is 463 g/mol. The number of carboxylic acids is 1. The molecule has 3 aromatic heterocycles. The van der Waals surface area contributed by atoms with E-state index < -0.39 is 40.7 Å². The molecule has 12 heteroatoms. The Morgan fingerprint density at radius 2 is 1.94 bits per heavy atom. The molecule has 33 heavy (non-hydrogen) atoms. The van der Waals surface area contributed by atoms with Crippen molar-refractivity contribution in [1.82, 2.24) is 14.4 Å². The second kappa shape index (κ2) is 8.89. The Balaban J connectivity index is 1.90. The summed E-state index contributed by atoms with van der Waals surface area (Å²) in [5.74, 6) is -1.63. The average Bonchev–Trinajstić information content (AvgIpc) is 2.77. The fraction of sp³-hybridized carbons (Fsp3) is 0.333. The lowest BCUT2D eigenvalue weighted by Crippen LogP contribution is -2.33. The van der Waals surface area contributed by atoms with E-state index in [1.165, 1.54) is 24.5 Å². The highest BCUT2D eigenvalue weighted by Crippen LogP contribution is 2.38. The highest BCUT2D eigenvalue weighted by atomic mass is 35.5. The molecule has 0 amide bonds. The van der Waals surface area contributed by atoms with E-state index in [-0.39, 0.29) is 16.5 Å². The zero-order valence-corrected chi connectivity index (χ0v) is 17.9. The zero-order valence-electron chi connectivity index (χ0n) is 17.1. The van der Waals surface area contributed by atoms with Crippen molar-refractivity contribution in [2.24, 2.45) is 0 Å². The third-order valence-electron chi connectivity index (χ3n) is 5.38. The number of rotatable bonds is 5. The summed E-state index contributed by atoms with van der Waals surface area (Å²) in [6.45, 7) is 1.28. The fourth-order valence-corrected chi connectivity index (χ4v) is 4.06. The Labute approximate surface area is 190 Å². The maximum atomic E-state index is 14.2. The van der Waals surface area contributed by atoms with Gasteiger partial charge in [0.15, 0.2) is 6.04 Å². The van der Waals surface area contributed by atoms with E-state index in [0.29, 0.717) is 13.1 Å². The molecule has 0 unspecified atom stereocenters. The number of alkyl halides is 3. The molecule has 0 saturated carbocycles. The lowest BCUT2D eigenvalue weighted by Gasteiger charge is -2.28. The second-order valence-electron chi connectivity index (χ2n) is 7.63. The summed E-state index contributed by atoms with van der Waals surface area (Å²) in [7, 11) is 0. The molecule has 0 bridgehead atoms. The number of hydrogen-bond donors (Lipinski definition) is 2. The van der Waals surface area contributed by atoms with Crippen molar-refractivity contribution in [3.8, 4) is 0 Å². The largest absolute Gasteiger partial charge is 0.478 e. The van der Waals surface area contributed by atoms with Gasteiger partial charge >= 0.3 is 12.1 Å². The maximum absolute atomic E-state index is 14.2. The van der Waals surface area contributed by atoms with Crippen LogP contribution in [-0.2, 0) is 0 Å². The van der Waals surface area contributed by atoms with Gasteiger partial charge in [-0.05, 0) is 37.5 Å². The number of carboxylic acid groups (broad SMARTS) is 1. The smallest absolute Gasteiger partial charge is 0.412 e. The summed E-state index contributed by atoms with van der Waals surface area (Å²) in [5, 5.41) is 11.4. The molecule has 3 aromatic rings. The Hall–Kier alpha value is -3.34. The van der Waals surface area contributed by atoms with Gasteiger partial charge in [-0.2, -0.15) is 13.2 Å². The lowest BCUT2D eigenvalue weighted by atomic mass is 10.1. The average molecular weight is 482 g/mol. The van der Waals surface area contributed by atoms with Gasteiger partial charge in [0.05, 0.1) is 5.02 Å². The Bertz CT molecular complexity index is 1260. The number of aromatic carboxylic acids is 1. The topological polar surface area (TPSA) is 99.8 Å². The summed E-state index contributed by atoms with van der Waals surface area (Å²) in [6.07, 6.45) is 0.289. The molecule has 4 heterocycles. The minimum absolute atomic E-state index is 0.109. The first kappa shape index (κ1) is 22.8. The van der Waals surface area contributed by atoms with Crippen LogP contribution >= 0.6 is 11.6 Å². The summed E-state index contributed by atoms with van der Waals surface area (Å²) in [5.41, 5.74) is -1.66. The molecule has 1 saturated heterocycles. The van der Waals surface area contributed by atoms with Gasteiger partial charge in [-0.15, -0.1) is 0 Å². The first-order valence-electron chi connectivity index (χ1n) is 10.1. The van der Waals surface area contributed by atoms with Gasteiger partial charge in [0, 0.05) is 37.1 Å². The van der Waals surface area contributed by atoms with Crippen molar-refractivity contribution in [2.45, 2.75) is 31.5 Å². The van der Waals surface area contributed by atoms with Crippen LogP contribution in [-0.4, -0.2) is 44.7 Å². The molecule has 1 aliphatic rings. The number of fused-ring (bicyclic) bond motifs is 1. The van der Waals surface area contributed by atoms with E-state index in [0.717, 1.165) is 35.8 Å². The highest BCUT2D eigenvalue weighted by molar-refractivity contribution is 6.30. The zero-order chi connectivity index (χ0) is 23.8. The van der Waals surface area contributed by atoms with Crippen molar-refractivity contribution in [1.29, 1.82) is 0 Å². The Morgan fingerprint density at radius 1 is 1.21 bits per heavy atom. The van der Waals surface area contributed by atoms with Crippen molar-refractivity contribution in [2.75, 3.05) is 23.3 Å². The molecule has 0 spiro atoms. The molecule has 0 radical (unpaired) electrons. The lowest BCUT2D eigenvalue weighted by molar-refractivity contribution is -0.143. The number of anilines is 2. The molecule has 2 N–H and O–H groups in total. The second-order valence-corrected chi connectivity index (χ2v) is 8.07. The number of halogens is 4. The molecule has 0 aromatic carbocycles. The quantitative estimate of drug-likeness (QED) is 0.564. The van der Waals surface area contributed by atoms with Crippen molar-refractivity contribution < 1.29 is 23.1 Å². The number of nitrogens with zero attached hydrogens (tertiary/aromatic N) is 4. The summed E-state index contributed by atoms with van der Waals surface area (Å²) < 4.78 is 43.7. The van der Waals surface area contributed by atoms with Crippen molar-refractivity contribution >= 4 is 34.9 Å². The van der Waals surface area contributed by atoms with E-state index in [2.05, 4.69) is 15.3 Å². The fourth-order valence-electron chi connectivity index (χ4n) is 3.84. The Morgan fingerprint density at radius 3 is 2.61 bits per heavy atom. The molecule has 1 atom stereocenters. The van der Waals surface area contributed by atoms with Gasteiger partial charge in [-0.25, -0.2) is 14.8 Å². The van der Waals surface area contributed by atoms with Gasteiger partial charge in [0.25, 0.3) is 5.56 Å². The first-order valence-corrected chi connectivity index (χ1v) is 10.5. The van der Waals surface area contributed by atoms with Crippen LogP contribution in [0.2, 0.25) is 5.02 Å². The number of pyridine rings is 2. The predicted molar refractivity (Wildman–Crippen MR) is 116 cm³/mol.